The molecule has 0 aliphatic heterocycles. The molecule has 0 aromatic heterocycles. The van der Waals surface area contributed by atoms with Crippen molar-refractivity contribution in [1.82, 2.24) is 0 Å². The van der Waals surface area contributed by atoms with Gasteiger partial charge >= 0.3 is 17.9 Å². The van der Waals surface area contributed by atoms with Crippen LogP contribution >= 0.6 is 0 Å². The van der Waals surface area contributed by atoms with Crippen LogP contribution in [-0.2, 0) is 28.6 Å². The second kappa shape index (κ2) is 42.5. The van der Waals surface area contributed by atoms with E-state index in [4.69, 9.17) is 14.2 Å². The summed E-state index contributed by atoms with van der Waals surface area (Å²) < 4.78 is 16.8. The van der Waals surface area contributed by atoms with Crippen LogP contribution in [0.15, 0.2) is 0 Å². The van der Waals surface area contributed by atoms with E-state index in [2.05, 4.69) is 41.5 Å². The molecule has 0 aromatic rings. The van der Waals surface area contributed by atoms with Gasteiger partial charge in [-0.3, -0.25) is 14.4 Å². The molecule has 0 bridgehead atoms. The summed E-state index contributed by atoms with van der Waals surface area (Å²) in [5.74, 6) is 1.64. The molecule has 0 spiro atoms. The van der Waals surface area contributed by atoms with Crippen molar-refractivity contribution in [2.45, 2.75) is 279 Å². The van der Waals surface area contributed by atoms with Crippen LogP contribution < -0.4 is 0 Å². The minimum Gasteiger partial charge on any atom is -0.462 e. The molecule has 0 fully saturated rings. The van der Waals surface area contributed by atoms with Gasteiger partial charge in [-0.05, 0) is 37.0 Å². The molecule has 0 rings (SSSR count). The van der Waals surface area contributed by atoms with Gasteiger partial charge in [-0.1, -0.05) is 234 Å². The van der Waals surface area contributed by atoms with Crippen LogP contribution in [0.2, 0.25) is 0 Å². The maximum Gasteiger partial charge on any atom is 0.306 e. The standard InChI is InChI=1S/C51H98O6/c1-7-46(5)38-32-26-20-15-13-11-9-10-12-14-16-21-28-34-40-49(52)55-43-48(57-51(54)42-36-30-24-23-27-33-39-47(6)8-2)44-56-50(53)41-35-29-22-18-17-19-25-31-37-45(3)4/h45-48H,7-44H2,1-6H3/t46?,47?,48-/m0/s1. The lowest BCUT2D eigenvalue weighted by molar-refractivity contribution is -0.167. The van der Waals surface area contributed by atoms with Crippen LogP contribution in [0.1, 0.15) is 273 Å². The first-order chi connectivity index (χ1) is 27.7. The molecular weight excluding hydrogens is 709 g/mol. The van der Waals surface area contributed by atoms with Crippen molar-refractivity contribution in [3.05, 3.63) is 0 Å². The molecule has 3 atom stereocenters. The lowest BCUT2D eigenvalue weighted by Crippen LogP contribution is -2.30. The third-order valence-corrected chi connectivity index (χ3v) is 12.1. The number of carbonyl (C=O) groups excluding carboxylic acids is 3. The Labute approximate surface area is 355 Å². The highest BCUT2D eigenvalue weighted by atomic mass is 16.6. The van der Waals surface area contributed by atoms with Crippen molar-refractivity contribution in [1.29, 1.82) is 0 Å². The van der Waals surface area contributed by atoms with Crippen LogP contribution in [-0.4, -0.2) is 37.2 Å². The zero-order chi connectivity index (χ0) is 42.0. The quantitative estimate of drug-likeness (QED) is 0.0347. The van der Waals surface area contributed by atoms with Gasteiger partial charge in [0, 0.05) is 19.3 Å². The second-order valence-electron chi connectivity index (χ2n) is 18.4. The zero-order valence-corrected chi connectivity index (χ0v) is 39.1. The molecule has 2 unspecified atom stereocenters. The predicted molar refractivity (Wildman–Crippen MR) is 243 cm³/mol. The van der Waals surface area contributed by atoms with Gasteiger partial charge in [-0.25, -0.2) is 0 Å². The SMILES string of the molecule is CCC(C)CCCCCCCCCCCCCCCCC(=O)OC[C@@H](COC(=O)CCCCCCCCCCC(C)C)OC(=O)CCCCCCCCC(C)CC. The molecule has 0 heterocycles. The molecule has 6 heteroatoms. The van der Waals surface area contributed by atoms with Crippen LogP contribution in [0.4, 0.5) is 0 Å². The fourth-order valence-electron chi connectivity index (χ4n) is 7.52. The van der Waals surface area contributed by atoms with Crippen LogP contribution in [0.3, 0.4) is 0 Å². The largest absolute Gasteiger partial charge is 0.462 e. The van der Waals surface area contributed by atoms with E-state index in [0.717, 1.165) is 75.5 Å². The summed E-state index contributed by atoms with van der Waals surface area (Å²) in [4.78, 5) is 37.8. The van der Waals surface area contributed by atoms with E-state index in [1.165, 1.54) is 154 Å². The fraction of sp³-hybridized carbons (Fsp3) is 0.941. The predicted octanol–water partition coefficient (Wildman–Crippen LogP) is 16.0. The van der Waals surface area contributed by atoms with E-state index >= 15 is 0 Å². The van der Waals surface area contributed by atoms with E-state index < -0.39 is 6.10 Å². The summed E-state index contributed by atoms with van der Waals surface area (Å²) in [6.07, 6.45) is 40.9. The number of hydrogen-bond acceptors (Lipinski definition) is 6. The number of esters is 3. The highest BCUT2D eigenvalue weighted by Gasteiger charge is 2.19. The molecule has 0 amide bonds. The first-order valence-electron chi connectivity index (χ1n) is 25.2. The van der Waals surface area contributed by atoms with E-state index in [0.29, 0.717) is 19.3 Å². The molecular formula is C51H98O6. The molecule has 6 nitrogen and oxygen atoms in total. The monoisotopic (exact) mass is 807 g/mol. The van der Waals surface area contributed by atoms with Crippen molar-refractivity contribution in [3.8, 4) is 0 Å². The minimum atomic E-state index is -0.763. The summed E-state index contributed by atoms with van der Waals surface area (Å²) in [7, 11) is 0. The summed E-state index contributed by atoms with van der Waals surface area (Å²) >= 11 is 0. The van der Waals surface area contributed by atoms with Gasteiger partial charge in [0.1, 0.15) is 13.2 Å². The third-order valence-electron chi connectivity index (χ3n) is 12.1. The van der Waals surface area contributed by atoms with Gasteiger partial charge < -0.3 is 14.2 Å². The van der Waals surface area contributed by atoms with E-state index in [-0.39, 0.29) is 31.1 Å². The Morgan fingerprint density at radius 1 is 0.351 bits per heavy atom. The Morgan fingerprint density at radius 3 is 0.912 bits per heavy atom. The average Bonchev–Trinajstić information content (AvgIpc) is 3.19. The number of carbonyl (C=O) groups is 3. The molecule has 0 aliphatic rings. The van der Waals surface area contributed by atoms with E-state index in [9.17, 15) is 14.4 Å². The molecule has 0 aliphatic carbocycles. The molecule has 0 saturated carbocycles. The Morgan fingerprint density at radius 2 is 0.614 bits per heavy atom. The Balaban J connectivity index is 4.26. The van der Waals surface area contributed by atoms with Crippen LogP contribution in [0.25, 0.3) is 0 Å². The lowest BCUT2D eigenvalue weighted by Gasteiger charge is -2.18. The second-order valence-corrected chi connectivity index (χ2v) is 18.4. The normalized spacial score (nSPS) is 13.1. The van der Waals surface area contributed by atoms with Gasteiger partial charge in [0.25, 0.3) is 0 Å². The summed E-state index contributed by atoms with van der Waals surface area (Å²) in [6, 6.07) is 0. The molecule has 0 radical (unpaired) electrons. The van der Waals surface area contributed by atoms with Crippen molar-refractivity contribution < 1.29 is 28.6 Å². The summed E-state index contributed by atoms with van der Waals surface area (Å²) in [5.41, 5.74) is 0. The number of unbranched alkanes of at least 4 members (excludes halogenated alkanes) is 25. The third kappa shape index (κ3) is 42.3. The van der Waals surface area contributed by atoms with Gasteiger partial charge in [0.05, 0.1) is 0 Å². The van der Waals surface area contributed by atoms with Gasteiger partial charge in [0.15, 0.2) is 6.10 Å². The molecule has 57 heavy (non-hydrogen) atoms. The van der Waals surface area contributed by atoms with Crippen molar-refractivity contribution >= 4 is 17.9 Å². The van der Waals surface area contributed by atoms with Crippen molar-refractivity contribution in [2.75, 3.05) is 13.2 Å². The Hall–Kier alpha value is -1.59. The van der Waals surface area contributed by atoms with Crippen LogP contribution in [0, 0.1) is 17.8 Å². The van der Waals surface area contributed by atoms with Gasteiger partial charge in [-0.15, -0.1) is 0 Å². The van der Waals surface area contributed by atoms with E-state index in [1.54, 1.807) is 0 Å². The molecule has 0 N–H and O–H groups in total. The highest BCUT2D eigenvalue weighted by Crippen LogP contribution is 2.18. The average molecular weight is 807 g/mol. The Bertz CT molecular complexity index is 887. The van der Waals surface area contributed by atoms with Crippen LogP contribution in [0.5, 0.6) is 0 Å². The van der Waals surface area contributed by atoms with Gasteiger partial charge in [-0.2, -0.15) is 0 Å². The first kappa shape index (κ1) is 55.4. The maximum absolute atomic E-state index is 12.7. The summed E-state index contributed by atoms with van der Waals surface area (Å²) in [5, 5.41) is 0. The Kier molecular flexibility index (Phi) is 41.3. The first-order valence-corrected chi connectivity index (χ1v) is 25.2. The van der Waals surface area contributed by atoms with Crippen molar-refractivity contribution in [2.24, 2.45) is 17.8 Å². The lowest BCUT2D eigenvalue weighted by atomic mass is 9.99. The van der Waals surface area contributed by atoms with Gasteiger partial charge in [0.2, 0.25) is 0 Å². The molecule has 0 saturated heterocycles. The molecule has 0 aromatic carbocycles. The fourth-order valence-corrected chi connectivity index (χ4v) is 7.52. The van der Waals surface area contributed by atoms with Crippen molar-refractivity contribution in [3.63, 3.8) is 0 Å². The number of rotatable bonds is 44. The summed E-state index contributed by atoms with van der Waals surface area (Å²) in [6.45, 7) is 13.7. The highest BCUT2D eigenvalue weighted by molar-refractivity contribution is 5.71. The number of hydrogen-bond donors (Lipinski definition) is 0. The molecule has 338 valence electrons. The van der Waals surface area contributed by atoms with E-state index in [1.807, 2.05) is 0 Å². The minimum absolute atomic E-state index is 0.0660. The zero-order valence-electron chi connectivity index (χ0n) is 39.1. The topological polar surface area (TPSA) is 78.9 Å². The number of ether oxygens (including phenoxy) is 3. The maximum atomic E-state index is 12.7. The smallest absolute Gasteiger partial charge is 0.306 e.